The number of hydrogen-bond acceptors (Lipinski definition) is 1. The Balaban J connectivity index is 1.30. The highest BCUT2D eigenvalue weighted by atomic mass is 19.1. The fourth-order valence-corrected chi connectivity index (χ4v) is 6.36. The minimum Gasteiger partial charge on any atom is -0.326 e. The van der Waals surface area contributed by atoms with E-state index < -0.39 is 0 Å². The molecular formula is C28H32FNO. The van der Waals surface area contributed by atoms with Crippen LogP contribution in [0.15, 0.2) is 48.5 Å². The summed E-state index contributed by atoms with van der Waals surface area (Å²) in [5.74, 6) is 2.24. The number of hydrogen-bond donors (Lipinski definition) is 1. The topological polar surface area (TPSA) is 29.1 Å². The van der Waals surface area contributed by atoms with Crippen LogP contribution in [0, 0.1) is 42.3 Å². The van der Waals surface area contributed by atoms with E-state index in [2.05, 4.69) is 25.2 Å². The fourth-order valence-electron chi connectivity index (χ4n) is 6.36. The van der Waals surface area contributed by atoms with Crippen LogP contribution in [-0.4, -0.2) is 5.91 Å². The van der Waals surface area contributed by atoms with Crippen molar-refractivity contribution in [3.05, 3.63) is 71.0 Å². The Hall–Kier alpha value is -2.42. The van der Waals surface area contributed by atoms with E-state index in [-0.39, 0.29) is 17.6 Å². The minimum atomic E-state index is -0.135. The second-order valence-corrected chi connectivity index (χ2v) is 10.1. The lowest BCUT2D eigenvalue weighted by molar-refractivity contribution is -0.124. The summed E-state index contributed by atoms with van der Waals surface area (Å²) in [7, 11) is 0. The molecule has 1 amide bonds. The zero-order valence-electron chi connectivity index (χ0n) is 18.5. The molecule has 2 bridgehead atoms. The van der Waals surface area contributed by atoms with Gasteiger partial charge in [0, 0.05) is 11.6 Å². The first-order valence-electron chi connectivity index (χ1n) is 11.9. The molecule has 2 nitrogen and oxygen atoms in total. The van der Waals surface area contributed by atoms with E-state index in [0.29, 0.717) is 23.7 Å². The van der Waals surface area contributed by atoms with E-state index in [1.54, 1.807) is 12.1 Å². The number of carbonyl (C=O) groups excluding carboxylic acids is 1. The normalized spacial score (nSPS) is 29.6. The van der Waals surface area contributed by atoms with Crippen LogP contribution in [-0.2, 0) is 11.2 Å². The van der Waals surface area contributed by atoms with Gasteiger partial charge in [-0.3, -0.25) is 4.79 Å². The zero-order chi connectivity index (χ0) is 21.5. The summed E-state index contributed by atoms with van der Waals surface area (Å²) in [6.07, 6.45) is 8.77. The van der Waals surface area contributed by atoms with Crippen LogP contribution >= 0.6 is 0 Å². The van der Waals surface area contributed by atoms with E-state index in [0.717, 1.165) is 49.8 Å². The summed E-state index contributed by atoms with van der Waals surface area (Å²) in [5.41, 5.74) is 5.90. The minimum absolute atomic E-state index is 0.113. The number of amides is 1. The number of benzene rings is 2. The van der Waals surface area contributed by atoms with Crippen LogP contribution in [0.5, 0.6) is 0 Å². The van der Waals surface area contributed by atoms with Gasteiger partial charge >= 0.3 is 0 Å². The Kier molecular flexibility index (Phi) is 5.45. The van der Waals surface area contributed by atoms with Crippen LogP contribution in [0.25, 0.3) is 5.57 Å². The zero-order valence-corrected chi connectivity index (χ0v) is 18.5. The van der Waals surface area contributed by atoms with E-state index in [4.69, 9.17) is 0 Å². The Labute approximate surface area is 184 Å². The van der Waals surface area contributed by atoms with Crippen molar-refractivity contribution < 1.29 is 9.18 Å². The number of rotatable bonds is 3. The van der Waals surface area contributed by atoms with Gasteiger partial charge in [0.15, 0.2) is 0 Å². The smallest absolute Gasteiger partial charge is 0.227 e. The first-order chi connectivity index (χ1) is 15.0. The number of carbonyl (C=O) groups is 1. The summed E-state index contributed by atoms with van der Waals surface area (Å²) in [4.78, 5) is 13.0. The Morgan fingerprint density at radius 3 is 2.58 bits per heavy atom. The van der Waals surface area contributed by atoms with Gasteiger partial charge in [-0.05, 0) is 110 Å². The van der Waals surface area contributed by atoms with E-state index in [9.17, 15) is 9.18 Å². The van der Waals surface area contributed by atoms with Crippen LogP contribution in [0.4, 0.5) is 10.1 Å². The molecule has 0 radical (unpaired) electrons. The Morgan fingerprint density at radius 1 is 1.00 bits per heavy atom. The lowest BCUT2D eigenvalue weighted by Gasteiger charge is -2.45. The maximum absolute atomic E-state index is 14.1. The van der Waals surface area contributed by atoms with Gasteiger partial charge in [0.05, 0.1) is 0 Å². The molecule has 1 N–H and O–H groups in total. The van der Waals surface area contributed by atoms with E-state index in [1.165, 1.54) is 16.7 Å². The molecule has 0 aliphatic heterocycles. The maximum atomic E-state index is 14.1. The summed E-state index contributed by atoms with van der Waals surface area (Å²) < 4.78 is 14.1. The molecule has 3 aliphatic carbocycles. The van der Waals surface area contributed by atoms with Crippen molar-refractivity contribution in [3.63, 3.8) is 0 Å². The van der Waals surface area contributed by atoms with Gasteiger partial charge in [0.2, 0.25) is 5.91 Å². The van der Waals surface area contributed by atoms with Crippen molar-refractivity contribution in [2.45, 2.75) is 52.4 Å². The fraction of sp³-hybridized carbons (Fsp3) is 0.464. The number of aryl methyl sites for hydroxylation is 1. The van der Waals surface area contributed by atoms with Gasteiger partial charge in [0.1, 0.15) is 5.82 Å². The van der Waals surface area contributed by atoms with Crippen molar-refractivity contribution in [1.29, 1.82) is 0 Å². The average Bonchev–Trinajstić information content (AvgIpc) is 2.75. The van der Waals surface area contributed by atoms with Crippen molar-refractivity contribution in [1.82, 2.24) is 0 Å². The van der Waals surface area contributed by atoms with E-state index in [1.807, 2.05) is 30.3 Å². The number of allylic oxidation sites excluding steroid dienone is 2. The third-order valence-electron chi connectivity index (χ3n) is 7.88. The standard InChI is InChI=1S/C28H32FNO/c1-17-3-9-23(10-4-17)30-28(31)25-12-7-20-15-21(25)6-11-24(20)27-14-18(2)13-19-5-8-22(29)16-26(19)27/h3-5,8-10,14,16,18,20-21,24-25H,6-7,11-13,15H2,1-2H3,(H,30,31). The number of halogens is 1. The molecule has 0 spiro atoms. The Morgan fingerprint density at radius 2 is 1.77 bits per heavy atom. The molecule has 2 aromatic rings. The van der Waals surface area contributed by atoms with Crippen molar-refractivity contribution in [2.24, 2.45) is 29.6 Å². The molecule has 0 saturated heterocycles. The molecule has 5 unspecified atom stereocenters. The van der Waals surface area contributed by atoms with Gasteiger partial charge < -0.3 is 5.32 Å². The van der Waals surface area contributed by atoms with Crippen molar-refractivity contribution in [2.75, 3.05) is 5.32 Å². The molecule has 3 heteroatoms. The third-order valence-corrected chi connectivity index (χ3v) is 7.88. The quantitative estimate of drug-likeness (QED) is 0.585. The predicted octanol–water partition coefficient (Wildman–Crippen LogP) is 6.79. The molecule has 0 heterocycles. The molecule has 5 atom stereocenters. The van der Waals surface area contributed by atoms with Gasteiger partial charge in [0.25, 0.3) is 0 Å². The second kappa shape index (κ2) is 8.26. The van der Waals surface area contributed by atoms with Crippen LogP contribution in [0.2, 0.25) is 0 Å². The summed E-state index contributed by atoms with van der Waals surface area (Å²) in [6.45, 7) is 4.32. The lowest BCUT2D eigenvalue weighted by atomic mass is 9.59. The van der Waals surface area contributed by atoms with Gasteiger partial charge in [-0.1, -0.05) is 36.8 Å². The molecule has 3 aliphatic rings. The molecular weight excluding hydrogens is 385 g/mol. The lowest BCUT2D eigenvalue weighted by Crippen LogP contribution is -2.40. The summed E-state index contributed by atoms with van der Waals surface area (Å²) in [6, 6.07) is 13.4. The molecule has 2 aromatic carbocycles. The number of nitrogens with one attached hydrogen (secondary N) is 1. The molecule has 2 fully saturated rings. The van der Waals surface area contributed by atoms with Crippen molar-refractivity contribution >= 4 is 17.2 Å². The second-order valence-electron chi connectivity index (χ2n) is 10.1. The largest absolute Gasteiger partial charge is 0.326 e. The van der Waals surface area contributed by atoms with E-state index >= 15 is 0 Å². The predicted molar refractivity (Wildman–Crippen MR) is 124 cm³/mol. The molecule has 0 aromatic heterocycles. The molecule has 5 rings (SSSR count). The van der Waals surface area contributed by atoms with Crippen molar-refractivity contribution in [3.8, 4) is 0 Å². The molecule has 31 heavy (non-hydrogen) atoms. The van der Waals surface area contributed by atoms with Gasteiger partial charge in [-0.15, -0.1) is 0 Å². The SMILES string of the molecule is Cc1ccc(NC(=O)C2CCC3CC2CCC3C2=CC(C)Cc3ccc(F)cc32)cc1. The third kappa shape index (κ3) is 4.07. The monoisotopic (exact) mass is 417 g/mol. The highest BCUT2D eigenvalue weighted by molar-refractivity contribution is 5.92. The first kappa shape index (κ1) is 20.5. The molecule has 162 valence electrons. The van der Waals surface area contributed by atoms with Crippen LogP contribution in [0.3, 0.4) is 0 Å². The Bertz CT molecular complexity index is 1010. The van der Waals surface area contributed by atoms with Gasteiger partial charge in [-0.2, -0.15) is 0 Å². The highest BCUT2D eigenvalue weighted by Gasteiger charge is 2.43. The first-order valence-corrected chi connectivity index (χ1v) is 11.9. The summed E-state index contributed by atoms with van der Waals surface area (Å²) >= 11 is 0. The van der Waals surface area contributed by atoms with Gasteiger partial charge in [-0.25, -0.2) is 4.39 Å². The maximum Gasteiger partial charge on any atom is 0.227 e. The highest BCUT2D eigenvalue weighted by Crippen LogP contribution is 2.51. The number of anilines is 1. The van der Waals surface area contributed by atoms with Crippen LogP contribution in [0.1, 0.15) is 55.7 Å². The molecule has 2 saturated carbocycles. The number of fused-ring (bicyclic) bond motifs is 3. The van der Waals surface area contributed by atoms with Crippen LogP contribution < -0.4 is 5.32 Å². The average molecular weight is 418 g/mol. The summed E-state index contributed by atoms with van der Waals surface area (Å²) in [5, 5.41) is 3.15.